The van der Waals surface area contributed by atoms with Gasteiger partial charge in [-0.15, -0.1) is 0 Å². The molecule has 0 aliphatic heterocycles. The van der Waals surface area contributed by atoms with Crippen LogP contribution in [0.25, 0.3) is 0 Å². The van der Waals surface area contributed by atoms with Crippen molar-refractivity contribution in [2.24, 2.45) is 10.7 Å². The van der Waals surface area contributed by atoms with Gasteiger partial charge in [0.2, 0.25) is 5.96 Å². The Morgan fingerprint density at radius 3 is 2.56 bits per heavy atom. The summed E-state index contributed by atoms with van der Waals surface area (Å²) in [5.41, 5.74) is 8.66. The van der Waals surface area contributed by atoms with Crippen LogP contribution in [0.1, 0.15) is 25.2 Å². The van der Waals surface area contributed by atoms with Crippen LogP contribution < -0.4 is 5.73 Å². The van der Waals surface area contributed by atoms with E-state index in [0.717, 1.165) is 11.4 Å². The van der Waals surface area contributed by atoms with Gasteiger partial charge >= 0.3 is 0 Å². The highest BCUT2D eigenvalue weighted by Gasteiger charge is 2.04. The van der Waals surface area contributed by atoms with Gasteiger partial charge in [-0.1, -0.05) is 0 Å². The number of allylic oxidation sites excluding steroid dienone is 2. The van der Waals surface area contributed by atoms with Crippen LogP contribution in [0.5, 0.6) is 0 Å². The highest BCUT2D eigenvalue weighted by atomic mass is 15.4. The maximum absolute atomic E-state index is 7.80. The van der Waals surface area contributed by atoms with E-state index in [0.29, 0.717) is 11.4 Å². The minimum absolute atomic E-state index is 0.0978. The normalized spacial score (nSPS) is 13.0. The van der Waals surface area contributed by atoms with Crippen molar-refractivity contribution in [2.45, 2.75) is 27.7 Å². The molecule has 0 amide bonds. The van der Waals surface area contributed by atoms with Crippen molar-refractivity contribution in [3.05, 3.63) is 29.2 Å². The molecular formula is C11H17N5. The van der Waals surface area contributed by atoms with Crippen LogP contribution in [0.2, 0.25) is 0 Å². The number of rotatable bonds is 1. The molecule has 3 N–H and O–H groups in total. The summed E-state index contributed by atoms with van der Waals surface area (Å²) in [6.45, 7) is 7.36. The molecule has 1 aromatic rings. The number of aryl methyl sites for hydroxylation is 2. The van der Waals surface area contributed by atoms with Crippen molar-refractivity contribution in [2.75, 3.05) is 0 Å². The van der Waals surface area contributed by atoms with Gasteiger partial charge in [-0.25, -0.2) is 9.67 Å². The lowest BCUT2D eigenvalue weighted by atomic mass is 10.3. The van der Waals surface area contributed by atoms with Gasteiger partial charge in [0.15, 0.2) is 0 Å². The molecule has 5 nitrogen and oxygen atoms in total. The van der Waals surface area contributed by atoms with Crippen LogP contribution in [0.15, 0.2) is 22.8 Å². The SMILES string of the molecule is CC(N)=CC(C)=NC(=N)n1nc(C)cc1C. The lowest BCUT2D eigenvalue weighted by Crippen LogP contribution is -2.13. The Kier molecular flexibility index (Phi) is 3.60. The third-order valence-corrected chi connectivity index (χ3v) is 1.93. The van der Waals surface area contributed by atoms with Crippen molar-refractivity contribution in [1.29, 1.82) is 5.41 Å². The van der Waals surface area contributed by atoms with Crippen molar-refractivity contribution in [3.8, 4) is 0 Å². The van der Waals surface area contributed by atoms with E-state index in [1.54, 1.807) is 19.9 Å². The van der Waals surface area contributed by atoms with Gasteiger partial charge in [0.25, 0.3) is 0 Å². The van der Waals surface area contributed by atoms with Crippen molar-refractivity contribution in [1.82, 2.24) is 9.78 Å². The lowest BCUT2D eigenvalue weighted by molar-refractivity contribution is 0.863. The maximum atomic E-state index is 7.80. The third kappa shape index (κ3) is 3.05. The molecule has 0 aliphatic rings. The van der Waals surface area contributed by atoms with Crippen molar-refractivity contribution in [3.63, 3.8) is 0 Å². The first-order chi connectivity index (χ1) is 7.40. The molecule has 0 spiro atoms. The number of nitrogens with zero attached hydrogens (tertiary/aromatic N) is 3. The molecule has 0 unspecified atom stereocenters. The highest BCUT2D eigenvalue weighted by molar-refractivity contribution is 6.01. The fourth-order valence-electron chi connectivity index (χ4n) is 1.42. The zero-order valence-corrected chi connectivity index (χ0v) is 10.1. The van der Waals surface area contributed by atoms with Gasteiger partial charge in [-0.3, -0.25) is 5.41 Å². The fraction of sp³-hybridized carbons (Fsp3) is 0.364. The lowest BCUT2D eigenvalue weighted by Gasteiger charge is -2.01. The molecule has 0 bridgehead atoms. The quantitative estimate of drug-likeness (QED) is 0.555. The number of nitrogens with two attached hydrogens (primary N) is 1. The smallest absolute Gasteiger partial charge is 0.243 e. The summed E-state index contributed by atoms with van der Waals surface area (Å²) in [7, 11) is 0. The Hall–Kier alpha value is -1.91. The molecule has 16 heavy (non-hydrogen) atoms. The molecule has 0 aliphatic carbocycles. The predicted molar refractivity (Wildman–Crippen MR) is 65.9 cm³/mol. The van der Waals surface area contributed by atoms with Crippen LogP contribution in [-0.4, -0.2) is 21.5 Å². The standard InChI is InChI=1S/C11H17N5/c1-7(12)5-8(2)14-11(13)16-10(4)6-9(3)15-16/h5-6,13H,12H2,1-4H3. The van der Waals surface area contributed by atoms with Gasteiger partial charge in [0, 0.05) is 17.1 Å². The first-order valence-corrected chi connectivity index (χ1v) is 5.01. The average molecular weight is 219 g/mol. The number of hydrogen-bond acceptors (Lipinski definition) is 3. The van der Waals surface area contributed by atoms with E-state index >= 15 is 0 Å². The Bertz CT molecular complexity index is 461. The summed E-state index contributed by atoms with van der Waals surface area (Å²) in [5.74, 6) is 0.0978. The first-order valence-electron chi connectivity index (χ1n) is 5.01. The van der Waals surface area contributed by atoms with Crippen LogP contribution in [0.3, 0.4) is 0 Å². The number of aromatic nitrogens is 2. The summed E-state index contributed by atoms with van der Waals surface area (Å²) < 4.78 is 1.50. The van der Waals surface area contributed by atoms with E-state index in [1.807, 2.05) is 19.9 Å². The number of aliphatic imine (C=N–C) groups is 1. The van der Waals surface area contributed by atoms with Gasteiger partial charge < -0.3 is 5.73 Å². The molecule has 1 aromatic heterocycles. The minimum Gasteiger partial charge on any atom is -0.402 e. The van der Waals surface area contributed by atoms with Gasteiger partial charge in [0.05, 0.1) is 5.69 Å². The van der Waals surface area contributed by atoms with Gasteiger partial charge in [-0.2, -0.15) is 5.10 Å². The van der Waals surface area contributed by atoms with Crippen LogP contribution in [0.4, 0.5) is 0 Å². The predicted octanol–water partition coefficient (Wildman–Crippen LogP) is 1.61. The van der Waals surface area contributed by atoms with E-state index < -0.39 is 0 Å². The molecule has 0 saturated heterocycles. The molecule has 0 aromatic carbocycles. The third-order valence-electron chi connectivity index (χ3n) is 1.93. The van der Waals surface area contributed by atoms with Crippen LogP contribution in [0, 0.1) is 19.3 Å². The molecular weight excluding hydrogens is 202 g/mol. The van der Waals surface area contributed by atoms with Crippen LogP contribution >= 0.6 is 0 Å². The first kappa shape index (κ1) is 12.2. The molecule has 86 valence electrons. The largest absolute Gasteiger partial charge is 0.402 e. The van der Waals surface area contributed by atoms with Gasteiger partial charge in [0.1, 0.15) is 0 Å². The Morgan fingerprint density at radius 1 is 1.50 bits per heavy atom. The summed E-state index contributed by atoms with van der Waals surface area (Å²) in [5, 5.41) is 12.0. The van der Waals surface area contributed by atoms with Crippen molar-refractivity contribution >= 4 is 11.7 Å². The van der Waals surface area contributed by atoms with Gasteiger partial charge in [-0.05, 0) is 39.8 Å². The summed E-state index contributed by atoms with van der Waals surface area (Å²) in [6, 6.07) is 1.91. The summed E-state index contributed by atoms with van der Waals surface area (Å²) in [6.07, 6.45) is 1.72. The second-order valence-electron chi connectivity index (χ2n) is 3.80. The molecule has 5 heteroatoms. The average Bonchev–Trinajstić information content (AvgIpc) is 2.43. The zero-order chi connectivity index (χ0) is 12.3. The van der Waals surface area contributed by atoms with Crippen LogP contribution in [-0.2, 0) is 0 Å². The topological polar surface area (TPSA) is 80.0 Å². The Balaban J connectivity index is 2.96. The highest BCUT2D eigenvalue weighted by Crippen LogP contribution is 2.02. The molecule has 0 fully saturated rings. The maximum Gasteiger partial charge on any atom is 0.243 e. The summed E-state index contributed by atoms with van der Waals surface area (Å²) >= 11 is 0. The zero-order valence-electron chi connectivity index (χ0n) is 10.1. The Morgan fingerprint density at radius 2 is 2.12 bits per heavy atom. The molecule has 1 rings (SSSR count). The van der Waals surface area contributed by atoms with E-state index in [9.17, 15) is 0 Å². The summed E-state index contributed by atoms with van der Waals surface area (Å²) in [4.78, 5) is 4.11. The second-order valence-corrected chi connectivity index (χ2v) is 3.80. The van der Waals surface area contributed by atoms with Crippen molar-refractivity contribution < 1.29 is 0 Å². The minimum atomic E-state index is 0.0978. The number of hydrogen-bond donors (Lipinski definition) is 2. The van der Waals surface area contributed by atoms with E-state index in [-0.39, 0.29) is 5.96 Å². The second kappa shape index (κ2) is 4.74. The monoisotopic (exact) mass is 219 g/mol. The number of nitrogens with one attached hydrogen (secondary N) is 1. The van der Waals surface area contributed by atoms with E-state index in [4.69, 9.17) is 11.1 Å². The fourth-order valence-corrected chi connectivity index (χ4v) is 1.42. The van der Waals surface area contributed by atoms with E-state index in [2.05, 4.69) is 10.1 Å². The molecule has 0 saturated carbocycles. The van der Waals surface area contributed by atoms with E-state index in [1.165, 1.54) is 4.68 Å². The Labute approximate surface area is 95.2 Å². The molecule has 0 radical (unpaired) electrons. The molecule has 0 atom stereocenters. The molecule has 1 heterocycles.